The van der Waals surface area contributed by atoms with Gasteiger partial charge in [0.2, 0.25) is 0 Å². The van der Waals surface area contributed by atoms with Gasteiger partial charge in [0.05, 0.1) is 18.8 Å². The van der Waals surface area contributed by atoms with Crippen molar-refractivity contribution in [3.63, 3.8) is 0 Å². The summed E-state index contributed by atoms with van der Waals surface area (Å²) in [5.74, 6) is -0.404. The van der Waals surface area contributed by atoms with Crippen molar-refractivity contribution in [1.82, 2.24) is 0 Å². The molecule has 0 amide bonds. The molecule has 19 heavy (non-hydrogen) atoms. The van der Waals surface area contributed by atoms with Crippen LogP contribution < -0.4 is 10.6 Å². The SMILES string of the molecule is COC(=O)c1cc(N2CCCOC(C)C2)ccc1N. The molecule has 1 aromatic carbocycles. The molecule has 2 N–H and O–H groups in total. The monoisotopic (exact) mass is 264 g/mol. The van der Waals surface area contributed by atoms with Gasteiger partial charge >= 0.3 is 5.97 Å². The van der Waals surface area contributed by atoms with Crippen molar-refractivity contribution in [2.24, 2.45) is 0 Å². The van der Waals surface area contributed by atoms with E-state index in [0.29, 0.717) is 11.3 Å². The van der Waals surface area contributed by atoms with Crippen LogP contribution in [0.1, 0.15) is 23.7 Å². The van der Waals surface area contributed by atoms with Crippen LogP contribution in [0, 0.1) is 0 Å². The standard InChI is InChI=1S/C14H20N2O3/c1-10-9-16(6-3-7-19-10)11-4-5-13(15)12(8-11)14(17)18-2/h4-5,8,10H,3,6-7,9,15H2,1-2H3. The number of hydrogen-bond acceptors (Lipinski definition) is 5. The minimum Gasteiger partial charge on any atom is -0.465 e. The van der Waals surface area contributed by atoms with Gasteiger partial charge in [0.25, 0.3) is 0 Å². The molecule has 1 aromatic rings. The number of carbonyl (C=O) groups is 1. The third-order valence-electron chi connectivity index (χ3n) is 3.26. The van der Waals surface area contributed by atoms with Gasteiger partial charge in [-0.05, 0) is 31.5 Å². The molecule has 0 radical (unpaired) electrons. The fraction of sp³-hybridized carbons (Fsp3) is 0.500. The third-order valence-corrected chi connectivity index (χ3v) is 3.26. The van der Waals surface area contributed by atoms with Crippen LogP contribution in [-0.4, -0.2) is 38.9 Å². The van der Waals surface area contributed by atoms with Crippen LogP contribution in [0.2, 0.25) is 0 Å². The van der Waals surface area contributed by atoms with Crippen molar-refractivity contribution in [3.8, 4) is 0 Å². The second kappa shape index (κ2) is 5.93. The van der Waals surface area contributed by atoms with Crippen molar-refractivity contribution in [1.29, 1.82) is 0 Å². The van der Waals surface area contributed by atoms with Gasteiger partial charge in [-0.2, -0.15) is 0 Å². The third kappa shape index (κ3) is 3.17. The minimum atomic E-state index is -0.404. The minimum absolute atomic E-state index is 0.182. The van der Waals surface area contributed by atoms with Gasteiger partial charge in [-0.25, -0.2) is 4.79 Å². The van der Waals surface area contributed by atoms with Crippen LogP contribution >= 0.6 is 0 Å². The quantitative estimate of drug-likeness (QED) is 0.650. The number of carbonyl (C=O) groups excluding carboxylic acids is 1. The second-order valence-electron chi connectivity index (χ2n) is 4.74. The first kappa shape index (κ1) is 13.7. The normalized spacial score (nSPS) is 19.9. The molecule has 0 spiro atoms. The van der Waals surface area contributed by atoms with Gasteiger partial charge in [-0.15, -0.1) is 0 Å². The Morgan fingerprint density at radius 3 is 3.05 bits per heavy atom. The lowest BCUT2D eigenvalue weighted by atomic mass is 10.1. The summed E-state index contributed by atoms with van der Waals surface area (Å²) in [5.41, 5.74) is 7.64. The Bertz CT molecular complexity index is 462. The van der Waals surface area contributed by atoms with Crippen molar-refractivity contribution in [2.45, 2.75) is 19.4 Å². The van der Waals surface area contributed by atoms with E-state index in [-0.39, 0.29) is 6.10 Å². The van der Waals surface area contributed by atoms with Gasteiger partial charge in [0, 0.05) is 31.1 Å². The number of benzene rings is 1. The van der Waals surface area contributed by atoms with Gasteiger partial charge < -0.3 is 20.1 Å². The Morgan fingerprint density at radius 1 is 1.53 bits per heavy atom. The zero-order chi connectivity index (χ0) is 13.8. The van der Waals surface area contributed by atoms with Crippen LogP contribution in [-0.2, 0) is 9.47 Å². The van der Waals surface area contributed by atoms with E-state index in [9.17, 15) is 4.79 Å². The number of anilines is 2. The highest BCUT2D eigenvalue weighted by molar-refractivity contribution is 5.96. The summed E-state index contributed by atoms with van der Waals surface area (Å²) in [6, 6.07) is 5.47. The highest BCUT2D eigenvalue weighted by atomic mass is 16.5. The molecule has 1 unspecified atom stereocenters. The lowest BCUT2D eigenvalue weighted by Gasteiger charge is -2.25. The van der Waals surface area contributed by atoms with E-state index < -0.39 is 5.97 Å². The molecule has 1 aliphatic heterocycles. The smallest absolute Gasteiger partial charge is 0.340 e. The Labute approximate surface area is 113 Å². The number of nitrogens with zero attached hydrogens (tertiary/aromatic N) is 1. The van der Waals surface area contributed by atoms with Crippen LogP contribution in [0.15, 0.2) is 18.2 Å². The molecule has 1 atom stereocenters. The van der Waals surface area contributed by atoms with Crippen molar-refractivity contribution < 1.29 is 14.3 Å². The van der Waals surface area contributed by atoms with E-state index in [1.54, 1.807) is 12.1 Å². The highest BCUT2D eigenvalue weighted by Crippen LogP contribution is 2.23. The summed E-state index contributed by atoms with van der Waals surface area (Å²) in [4.78, 5) is 13.9. The first-order valence-corrected chi connectivity index (χ1v) is 6.46. The zero-order valence-corrected chi connectivity index (χ0v) is 11.4. The predicted octanol–water partition coefficient (Wildman–Crippen LogP) is 1.67. The lowest BCUT2D eigenvalue weighted by Crippen LogP contribution is -2.30. The highest BCUT2D eigenvalue weighted by Gasteiger charge is 2.18. The van der Waals surface area contributed by atoms with Gasteiger partial charge in [0.15, 0.2) is 0 Å². The first-order chi connectivity index (χ1) is 9.11. The number of nitrogens with two attached hydrogens (primary N) is 1. The predicted molar refractivity (Wildman–Crippen MR) is 74.4 cm³/mol. The fourth-order valence-electron chi connectivity index (χ4n) is 2.26. The van der Waals surface area contributed by atoms with E-state index in [1.807, 2.05) is 6.07 Å². The number of nitrogen functional groups attached to an aromatic ring is 1. The topological polar surface area (TPSA) is 64.8 Å². The van der Waals surface area contributed by atoms with Gasteiger partial charge in [0.1, 0.15) is 0 Å². The average Bonchev–Trinajstić information content (AvgIpc) is 2.63. The maximum absolute atomic E-state index is 11.7. The van der Waals surface area contributed by atoms with Gasteiger partial charge in [-0.3, -0.25) is 0 Å². The summed E-state index contributed by atoms with van der Waals surface area (Å²) < 4.78 is 10.4. The van der Waals surface area contributed by atoms with E-state index in [2.05, 4.69) is 11.8 Å². The van der Waals surface area contributed by atoms with E-state index in [1.165, 1.54) is 7.11 Å². The molecule has 0 aliphatic carbocycles. The second-order valence-corrected chi connectivity index (χ2v) is 4.74. The van der Waals surface area contributed by atoms with Crippen LogP contribution in [0.25, 0.3) is 0 Å². The Balaban J connectivity index is 2.26. The molecule has 0 saturated carbocycles. The zero-order valence-electron chi connectivity index (χ0n) is 11.4. The van der Waals surface area contributed by atoms with E-state index in [0.717, 1.165) is 31.8 Å². The first-order valence-electron chi connectivity index (χ1n) is 6.46. The number of esters is 1. The van der Waals surface area contributed by atoms with E-state index in [4.69, 9.17) is 15.2 Å². The number of rotatable bonds is 2. The molecule has 2 rings (SSSR count). The fourth-order valence-corrected chi connectivity index (χ4v) is 2.26. The molecule has 5 nitrogen and oxygen atoms in total. The summed E-state index contributed by atoms with van der Waals surface area (Å²) in [5, 5.41) is 0. The molecule has 1 heterocycles. The van der Waals surface area contributed by atoms with Crippen molar-refractivity contribution in [2.75, 3.05) is 37.4 Å². The number of hydrogen-bond donors (Lipinski definition) is 1. The summed E-state index contributed by atoms with van der Waals surface area (Å²) in [6.07, 6.45) is 1.16. The molecule has 1 aliphatic rings. The molecule has 0 bridgehead atoms. The molecular weight excluding hydrogens is 244 g/mol. The maximum Gasteiger partial charge on any atom is 0.340 e. The van der Waals surface area contributed by atoms with Gasteiger partial charge in [-0.1, -0.05) is 0 Å². The molecule has 0 aromatic heterocycles. The largest absolute Gasteiger partial charge is 0.465 e. The molecule has 5 heteroatoms. The Kier molecular flexibility index (Phi) is 4.27. The molecule has 1 fully saturated rings. The summed E-state index contributed by atoms with van der Waals surface area (Å²) in [6.45, 7) is 4.55. The molecule has 1 saturated heterocycles. The molecule has 104 valence electrons. The molecular formula is C14H20N2O3. The maximum atomic E-state index is 11.7. The lowest BCUT2D eigenvalue weighted by molar-refractivity contribution is 0.0602. The summed E-state index contributed by atoms with van der Waals surface area (Å²) in [7, 11) is 1.36. The number of ether oxygens (including phenoxy) is 2. The van der Waals surface area contributed by atoms with Crippen LogP contribution in [0.3, 0.4) is 0 Å². The number of methoxy groups -OCH3 is 1. The van der Waals surface area contributed by atoms with Crippen molar-refractivity contribution in [3.05, 3.63) is 23.8 Å². The van der Waals surface area contributed by atoms with Crippen molar-refractivity contribution >= 4 is 17.3 Å². The Morgan fingerprint density at radius 2 is 2.32 bits per heavy atom. The van der Waals surface area contributed by atoms with Crippen LogP contribution in [0.4, 0.5) is 11.4 Å². The summed E-state index contributed by atoms with van der Waals surface area (Å²) >= 11 is 0. The Hall–Kier alpha value is -1.75. The van der Waals surface area contributed by atoms with Crippen LogP contribution in [0.5, 0.6) is 0 Å². The van der Waals surface area contributed by atoms with E-state index >= 15 is 0 Å². The average molecular weight is 264 g/mol.